The highest BCUT2D eigenvalue weighted by atomic mass is 31.2. The van der Waals surface area contributed by atoms with Gasteiger partial charge in [0.25, 0.3) is 0 Å². The Morgan fingerprint density at radius 1 is 0.293 bits per heavy atom. The van der Waals surface area contributed by atoms with Gasteiger partial charge in [-0.3, -0.25) is 37.3 Å². The van der Waals surface area contributed by atoms with E-state index in [0.29, 0.717) is 25.7 Å². The van der Waals surface area contributed by atoms with Crippen LogP contribution in [0.4, 0.5) is 0 Å². The second kappa shape index (κ2) is 66.3. The van der Waals surface area contributed by atoms with E-state index in [-0.39, 0.29) is 25.7 Å². The monoisotopic (exact) mass is 1350 g/mol. The molecule has 0 aromatic heterocycles. The van der Waals surface area contributed by atoms with Crippen LogP contribution in [0, 0.1) is 5.92 Å². The van der Waals surface area contributed by atoms with E-state index >= 15 is 0 Å². The molecule has 0 bridgehead atoms. The molecule has 0 aromatic carbocycles. The van der Waals surface area contributed by atoms with Crippen LogP contribution in [0.25, 0.3) is 0 Å². The summed E-state index contributed by atoms with van der Waals surface area (Å²) in [4.78, 5) is 72.3. The molecule has 0 radical (unpaired) electrons. The van der Waals surface area contributed by atoms with E-state index in [0.717, 1.165) is 102 Å². The number of phosphoric ester groups is 2. The molecule has 0 aromatic rings. The van der Waals surface area contributed by atoms with Crippen molar-refractivity contribution in [2.45, 2.75) is 400 Å². The molecule has 546 valence electrons. The van der Waals surface area contributed by atoms with E-state index in [1.807, 2.05) is 0 Å². The van der Waals surface area contributed by atoms with Crippen LogP contribution in [0.1, 0.15) is 381 Å². The second-order valence-corrected chi connectivity index (χ2v) is 29.7. The van der Waals surface area contributed by atoms with Crippen LogP contribution in [0.2, 0.25) is 0 Å². The summed E-state index contributed by atoms with van der Waals surface area (Å²) >= 11 is 0. The number of esters is 4. The van der Waals surface area contributed by atoms with E-state index in [9.17, 15) is 43.2 Å². The van der Waals surface area contributed by atoms with Crippen LogP contribution >= 0.6 is 15.6 Å². The summed E-state index contributed by atoms with van der Waals surface area (Å²) < 4.78 is 68.1. The Kier molecular flexibility index (Phi) is 64.9. The maximum absolute atomic E-state index is 13.1. The summed E-state index contributed by atoms with van der Waals surface area (Å²) in [5, 5.41) is 10.6. The number of aliphatic hydroxyl groups excluding tert-OH is 1. The number of aliphatic hydroxyl groups is 1. The van der Waals surface area contributed by atoms with Crippen LogP contribution in [0.5, 0.6) is 0 Å². The maximum Gasteiger partial charge on any atom is 0.472 e. The first-order valence-electron chi connectivity index (χ1n) is 38.1. The average Bonchev–Trinajstić information content (AvgIpc) is 2.09. The molecule has 0 spiro atoms. The largest absolute Gasteiger partial charge is 0.472 e. The van der Waals surface area contributed by atoms with Gasteiger partial charge in [0.15, 0.2) is 12.2 Å². The van der Waals surface area contributed by atoms with E-state index in [1.165, 1.54) is 199 Å². The normalized spacial score (nSPS) is 14.0. The van der Waals surface area contributed by atoms with Crippen molar-refractivity contribution in [2.75, 3.05) is 39.6 Å². The smallest absolute Gasteiger partial charge is 0.462 e. The number of rotatable bonds is 73. The molecule has 3 N–H and O–H groups in total. The molecule has 17 nitrogen and oxygen atoms in total. The molecular formula is C73H142O17P2. The number of carbonyl (C=O) groups excluding carboxylic acids is 4. The lowest BCUT2D eigenvalue weighted by atomic mass is 10.0. The van der Waals surface area contributed by atoms with E-state index in [1.54, 1.807) is 0 Å². The highest BCUT2D eigenvalue weighted by Crippen LogP contribution is 2.45. The molecule has 0 aliphatic rings. The lowest BCUT2D eigenvalue weighted by molar-refractivity contribution is -0.161. The van der Waals surface area contributed by atoms with Gasteiger partial charge in [-0.1, -0.05) is 330 Å². The van der Waals surface area contributed by atoms with E-state index in [4.69, 9.17) is 37.0 Å². The molecule has 92 heavy (non-hydrogen) atoms. The van der Waals surface area contributed by atoms with Gasteiger partial charge < -0.3 is 33.8 Å². The lowest BCUT2D eigenvalue weighted by Crippen LogP contribution is -2.30. The van der Waals surface area contributed by atoms with Gasteiger partial charge in [0.2, 0.25) is 0 Å². The van der Waals surface area contributed by atoms with Crippen LogP contribution in [0.3, 0.4) is 0 Å². The topological polar surface area (TPSA) is 237 Å². The first kappa shape index (κ1) is 90.1. The van der Waals surface area contributed by atoms with Crippen molar-refractivity contribution in [3.63, 3.8) is 0 Å². The minimum atomic E-state index is -4.95. The summed E-state index contributed by atoms with van der Waals surface area (Å²) in [6.45, 7) is 7.17. The molecule has 0 heterocycles. The molecule has 0 aliphatic carbocycles. The van der Waals surface area contributed by atoms with Gasteiger partial charge in [-0.2, -0.15) is 0 Å². The standard InChI is InChI=1S/C73H142O17P2/c1-6-9-12-15-17-19-21-23-24-25-26-27-28-29-30-31-32-34-40-44-49-54-59-73(78)90-69(63-84-71(76)57-52-47-42-38-36-35-37-41-46-50-55-66(4)5)65-88-92(81,82)86-61-67(74)60-85-91(79,80)87-64-68(62-83-70(75)56-51-45-14-11-8-3)89-72(77)58-53-48-43-39-33-22-20-18-16-13-10-7-2/h66-69,74H,6-65H2,1-5H3,(H,79,80)(H,81,82)/t67-,68+,69+/m0/s1. The van der Waals surface area contributed by atoms with Gasteiger partial charge in [0, 0.05) is 25.7 Å². The van der Waals surface area contributed by atoms with Gasteiger partial charge in [0.1, 0.15) is 19.3 Å². The van der Waals surface area contributed by atoms with Gasteiger partial charge in [-0.15, -0.1) is 0 Å². The molecule has 0 saturated carbocycles. The Morgan fingerprint density at radius 3 is 0.739 bits per heavy atom. The number of hydrogen-bond acceptors (Lipinski definition) is 15. The number of hydrogen-bond donors (Lipinski definition) is 3. The third-order valence-electron chi connectivity index (χ3n) is 17.0. The number of phosphoric acid groups is 2. The van der Waals surface area contributed by atoms with Crippen LogP contribution in [-0.2, 0) is 65.4 Å². The fourth-order valence-electron chi connectivity index (χ4n) is 11.2. The summed E-state index contributed by atoms with van der Waals surface area (Å²) in [5.41, 5.74) is 0. The minimum absolute atomic E-state index is 0.107. The Morgan fingerprint density at radius 2 is 0.500 bits per heavy atom. The number of ether oxygens (including phenoxy) is 4. The van der Waals surface area contributed by atoms with Gasteiger partial charge in [-0.05, 0) is 31.6 Å². The first-order valence-corrected chi connectivity index (χ1v) is 41.1. The molecule has 0 rings (SSSR count). The van der Waals surface area contributed by atoms with Crippen LogP contribution in [-0.4, -0.2) is 96.7 Å². The van der Waals surface area contributed by atoms with Crippen LogP contribution in [0.15, 0.2) is 0 Å². The predicted molar refractivity (Wildman–Crippen MR) is 372 cm³/mol. The summed E-state index contributed by atoms with van der Waals surface area (Å²) in [7, 11) is -9.89. The van der Waals surface area contributed by atoms with E-state index in [2.05, 4.69) is 34.6 Å². The average molecular weight is 1350 g/mol. The molecule has 0 saturated heterocycles. The van der Waals surface area contributed by atoms with Crippen molar-refractivity contribution >= 4 is 39.5 Å². The molecule has 0 fully saturated rings. The Hall–Kier alpha value is -1.94. The fourth-order valence-corrected chi connectivity index (χ4v) is 12.8. The summed E-state index contributed by atoms with van der Waals surface area (Å²) in [5.74, 6) is -1.37. The van der Waals surface area contributed by atoms with Crippen LogP contribution < -0.4 is 0 Å². The van der Waals surface area contributed by atoms with Gasteiger partial charge >= 0.3 is 39.5 Å². The molecule has 0 amide bonds. The quantitative estimate of drug-likeness (QED) is 0.0222. The zero-order valence-corrected chi connectivity index (χ0v) is 61.5. The molecule has 2 unspecified atom stereocenters. The lowest BCUT2D eigenvalue weighted by Gasteiger charge is -2.21. The van der Waals surface area contributed by atoms with Crippen molar-refractivity contribution in [1.29, 1.82) is 0 Å². The highest BCUT2D eigenvalue weighted by Gasteiger charge is 2.30. The third-order valence-corrected chi connectivity index (χ3v) is 18.9. The highest BCUT2D eigenvalue weighted by molar-refractivity contribution is 7.47. The SMILES string of the molecule is CCCCCCCCCCCCCCCCCCCCCCCCC(=O)O[C@H](COC(=O)CCCCCCCCCCCCC(C)C)COP(=O)(O)OC[C@@H](O)COP(=O)(O)OC[C@@H](COC(=O)CCCCCCC)OC(=O)CCCCCCCCCCCCCC. The van der Waals surface area contributed by atoms with Crippen molar-refractivity contribution < 1.29 is 80.2 Å². The fraction of sp³-hybridized carbons (Fsp3) is 0.945. The summed E-state index contributed by atoms with van der Waals surface area (Å²) in [6.07, 6.45) is 54.7. The third kappa shape index (κ3) is 66.7. The molecular weight excluding hydrogens is 1210 g/mol. The molecule has 5 atom stereocenters. The zero-order chi connectivity index (χ0) is 67.7. The minimum Gasteiger partial charge on any atom is -0.462 e. The Bertz CT molecular complexity index is 1770. The number of unbranched alkanes of at least 4 members (excludes halogenated alkanes) is 45. The van der Waals surface area contributed by atoms with Gasteiger partial charge in [-0.25, -0.2) is 9.13 Å². The summed E-state index contributed by atoms with van der Waals surface area (Å²) in [6, 6.07) is 0. The Balaban J connectivity index is 5.09. The van der Waals surface area contributed by atoms with Crippen molar-refractivity contribution in [3.05, 3.63) is 0 Å². The predicted octanol–water partition coefficient (Wildman–Crippen LogP) is 21.3. The van der Waals surface area contributed by atoms with Crippen molar-refractivity contribution in [3.8, 4) is 0 Å². The Labute approximate surface area is 562 Å². The van der Waals surface area contributed by atoms with E-state index < -0.39 is 97.5 Å². The van der Waals surface area contributed by atoms with Crippen molar-refractivity contribution in [2.24, 2.45) is 5.92 Å². The van der Waals surface area contributed by atoms with Crippen molar-refractivity contribution in [1.82, 2.24) is 0 Å². The molecule has 19 heteroatoms. The number of carbonyl (C=O) groups is 4. The van der Waals surface area contributed by atoms with Gasteiger partial charge in [0.05, 0.1) is 26.4 Å². The maximum atomic E-state index is 13.1. The molecule has 0 aliphatic heterocycles. The zero-order valence-electron chi connectivity index (χ0n) is 59.7. The second-order valence-electron chi connectivity index (χ2n) is 26.8. The first-order chi connectivity index (χ1) is 44.5.